The highest BCUT2D eigenvalue weighted by Crippen LogP contribution is 2.31. The van der Waals surface area contributed by atoms with Gasteiger partial charge in [0.15, 0.2) is 10.9 Å². The van der Waals surface area contributed by atoms with Gasteiger partial charge in [-0.2, -0.15) is 5.10 Å². The summed E-state index contributed by atoms with van der Waals surface area (Å²) in [5.74, 6) is 1.28. The molecule has 4 heteroatoms. The van der Waals surface area contributed by atoms with Gasteiger partial charge in [0.05, 0.1) is 11.9 Å². The topological polar surface area (TPSA) is 27.1 Å². The Morgan fingerprint density at radius 2 is 1.70 bits per heavy atom. The molecule has 0 aliphatic heterocycles. The number of benzene rings is 2. The Balaban J connectivity index is 1.95. The minimum Gasteiger partial charge on any atom is -0.452 e. The van der Waals surface area contributed by atoms with Gasteiger partial charge in [0, 0.05) is 0 Å². The molecule has 3 nitrogen and oxygen atoms in total. The van der Waals surface area contributed by atoms with Gasteiger partial charge >= 0.3 is 0 Å². The number of aryl methyl sites for hydroxylation is 1. The minimum atomic E-state index is 0.461. The monoisotopic (exact) mass is 284 g/mol. The molecule has 0 spiro atoms. The molecule has 100 valence electrons. The van der Waals surface area contributed by atoms with E-state index in [1.807, 2.05) is 61.5 Å². The molecule has 0 fully saturated rings. The maximum atomic E-state index is 6.36. The molecule has 0 N–H and O–H groups in total. The smallest absolute Gasteiger partial charge is 0.184 e. The number of halogens is 1. The van der Waals surface area contributed by atoms with E-state index in [-0.39, 0.29) is 0 Å². The summed E-state index contributed by atoms with van der Waals surface area (Å²) in [5.41, 5.74) is 2.05. The molecular formula is C16H13ClN2O. The van der Waals surface area contributed by atoms with Crippen molar-refractivity contribution < 1.29 is 4.74 Å². The van der Waals surface area contributed by atoms with Crippen molar-refractivity contribution in [2.75, 3.05) is 0 Å². The first-order valence-corrected chi connectivity index (χ1v) is 6.66. The van der Waals surface area contributed by atoms with Crippen LogP contribution in [0.2, 0.25) is 5.15 Å². The molecule has 1 aromatic heterocycles. The van der Waals surface area contributed by atoms with Crippen molar-refractivity contribution in [2.24, 2.45) is 0 Å². The van der Waals surface area contributed by atoms with Gasteiger partial charge < -0.3 is 4.74 Å². The van der Waals surface area contributed by atoms with Gasteiger partial charge in [0.1, 0.15) is 5.75 Å². The van der Waals surface area contributed by atoms with Crippen LogP contribution in [0, 0.1) is 6.92 Å². The van der Waals surface area contributed by atoms with Gasteiger partial charge in [-0.15, -0.1) is 0 Å². The second-order valence-corrected chi connectivity index (χ2v) is 4.77. The molecule has 1 heterocycles. The minimum absolute atomic E-state index is 0.461. The third-order valence-electron chi connectivity index (χ3n) is 2.99. The molecule has 3 aromatic rings. The molecule has 0 radical (unpaired) electrons. The number of hydrogen-bond acceptors (Lipinski definition) is 2. The van der Waals surface area contributed by atoms with Crippen molar-refractivity contribution in [3.05, 3.63) is 71.5 Å². The predicted octanol–water partition coefficient (Wildman–Crippen LogP) is 4.63. The van der Waals surface area contributed by atoms with Gasteiger partial charge in [0.25, 0.3) is 0 Å². The van der Waals surface area contributed by atoms with Crippen LogP contribution in [-0.4, -0.2) is 9.78 Å². The number of para-hydroxylation sites is 2. The standard InChI is InChI=1S/C16H13ClN2O/c1-12-7-5-6-10-14(12)19-16(17)15(11-18-19)20-13-8-3-2-4-9-13/h2-11H,1H3. The third-order valence-corrected chi connectivity index (χ3v) is 3.34. The summed E-state index contributed by atoms with van der Waals surface area (Å²) in [6.07, 6.45) is 1.63. The van der Waals surface area contributed by atoms with E-state index in [9.17, 15) is 0 Å². The summed E-state index contributed by atoms with van der Waals surface area (Å²) in [4.78, 5) is 0. The Labute approximate surface area is 122 Å². The van der Waals surface area contributed by atoms with Crippen LogP contribution in [0.5, 0.6) is 11.5 Å². The van der Waals surface area contributed by atoms with E-state index in [4.69, 9.17) is 16.3 Å². The van der Waals surface area contributed by atoms with Gasteiger partial charge in [-0.25, -0.2) is 4.68 Å². The summed E-state index contributed by atoms with van der Waals surface area (Å²) in [6.45, 7) is 2.02. The Hall–Kier alpha value is -2.26. The van der Waals surface area contributed by atoms with E-state index in [1.54, 1.807) is 10.9 Å². The van der Waals surface area contributed by atoms with Gasteiger partial charge in [-0.1, -0.05) is 48.0 Å². The lowest BCUT2D eigenvalue weighted by Crippen LogP contribution is -1.98. The van der Waals surface area contributed by atoms with Gasteiger partial charge in [-0.3, -0.25) is 0 Å². The maximum Gasteiger partial charge on any atom is 0.184 e. The van der Waals surface area contributed by atoms with E-state index < -0.39 is 0 Å². The molecule has 3 rings (SSSR count). The SMILES string of the molecule is Cc1ccccc1-n1ncc(Oc2ccccc2)c1Cl. The number of ether oxygens (including phenoxy) is 1. The first-order valence-electron chi connectivity index (χ1n) is 6.28. The number of nitrogens with zero attached hydrogens (tertiary/aromatic N) is 2. The highest BCUT2D eigenvalue weighted by atomic mass is 35.5. The lowest BCUT2D eigenvalue weighted by Gasteiger charge is -2.07. The second-order valence-electron chi connectivity index (χ2n) is 4.41. The summed E-state index contributed by atoms with van der Waals surface area (Å²) in [7, 11) is 0. The first kappa shape index (κ1) is 12.8. The van der Waals surface area contributed by atoms with Crippen molar-refractivity contribution in [3.8, 4) is 17.2 Å². The number of hydrogen-bond donors (Lipinski definition) is 0. The Bertz CT molecular complexity index is 722. The lowest BCUT2D eigenvalue weighted by molar-refractivity contribution is 0.483. The van der Waals surface area contributed by atoms with E-state index >= 15 is 0 Å². The molecule has 0 saturated heterocycles. The number of rotatable bonds is 3. The van der Waals surface area contributed by atoms with Crippen LogP contribution in [0.25, 0.3) is 5.69 Å². The average Bonchev–Trinajstić information content (AvgIpc) is 2.82. The van der Waals surface area contributed by atoms with E-state index in [1.165, 1.54) is 0 Å². The molecule has 0 saturated carbocycles. The molecule has 20 heavy (non-hydrogen) atoms. The Morgan fingerprint density at radius 3 is 2.45 bits per heavy atom. The molecular weight excluding hydrogens is 272 g/mol. The fourth-order valence-corrected chi connectivity index (χ4v) is 2.19. The van der Waals surface area contributed by atoms with E-state index in [0.29, 0.717) is 10.9 Å². The van der Waals surface area contributed by atoms with Crippen LogP contribution in [0.15, 0.2) is 60.8 Å². The van der Waals surface area contributed by atoms with Crippen LogP contribution in [0.1, 0.15) is 5.56 Å². The molecule has 0 amide bonds. The largest absolute Gasteiger partial charge is 0.452 e. The van der Waals surface area contributed by atoms with Crippen molar-refractivity contribution in [1.82, 2.24) is 9.78 Å². The van der Waals surface area contributed by atoms with Crippen LogP contribution in [0.4, 0.5) is 0 Å². The first-order chi connectivity index (χ1) is 9.75. The van der Waals surface area contributed by atoms with Crippen molar-refractivity contribution in [2.45, 2.75) is 6.92 Å². The summed E-state index contributed by atoms with van der Waals surface area (Å²) in [5, 5.41) is 4.76. The summed E-state index contributed by atoms with van der Waals surface area (Å²) < 4.78 is 7.41. The molecule has 0 atom stereocenters. The Morgan fingerprint density at radius 1 is 1.00 bits per heavy atom. The second kappa shape index (κ2) is 5.39. The van der Waals surface area contributed by atoms with Crippen LogP contribution >= 0.6 is 11.6 Å². The maximum absolute atomic E-state index is 6.36. The average molecular weight is 285 g/mol. The predicted molar refractivity (Wildman–Crippen MR) is 79.8 cm³/mol. The molecule has 0 bridgehead atoms. The molecule has 0 unspecified atom stereocenters. The van der Waals surface area contributed by atoms with Crippen LogP contribution < -0.4 is 4.74 Å². The summed E-state index contributed by atoms with van der Waals surface area (Å²) >= 11 is 6.36. The van der Waals surface area contributed by atoms with Gasteiger partial charge in [-0.05, 0) is 30.7 Å². The molecule has 0 aliphatic carbocycles. The molecule has 2 aromatic carbocycles. The van der Waals surface area contributed by atoms with E-state index in [2.05, 4.69) is 5.10 Å². The zero-order chi connectivity index (χ0) is 13.9. The quantitative estimate of drug-likeness (QED) is 0.701. The highest BCUT2D eigenvalue weighted by molar-refractivity contribution is 6.31. The number of aromatic nitrogens is 2. The fraction of sp³-hybridized carbons (Fsp3) is 0.0625. The lowest BCUT2D eigenvalue weighted by atomic mass is 10.2. The summed E-state index contributed by atoms with van der Waals surface area (Å²) in [6, 6.07) is 17.4. The van der Waals surface area contributed by atoms with Crippen molar-refractivity contribution >= 4 is 11.6 Å². The van der Waals surface area contributed by atoms with Gasteiger partial charge in [0.2, 0.25) is 0 Å². The zero-order valence-corrected chi connectivity index (χ0v) is 11.7. The normalized spacial score (nSPS) is 10.5. The highest BCUT2D eigenvalue weighted by Gasteiger charge is 2.13. The van der Waals surface area contributed by atoms with Crippen molar-refractivity contribution in [3.63, 3.8) is 0 Å². The Kier molecular flexibility index (Phi) is 3.44. The van der Waals surface area contributed by atoms with E-state index in [0.717, 1.165) is 17.0 Å². The van der Waals surface area contributed by atoms with Crippen LogP contribution in [-0.2, 0) is 0 Å². The fourth-order valence-electron chi connectivity index (χ4n) is 1.97. The zero-order valence-electron chi connectivity index (χ0n) is 11.0. The van der Waals surface area contributed by atoms with Crippen LogP contribution in [0.3, 0.4) is 0 Å². The van der Waals surface area contributed by atoms with Crippen molar-refractivity contribution in [1.29, 1.82) is 0 Å². The molecule has 0 aliphatic rings. The third kappa shape index (κ3) is 2.40.